The molecule has 1 aromatic heterocycles. The number of aromatic amines is 1. The Morgan fingerprint density at radius 1 is 1.17 bits per heavy atom. The molecule has 5 heteroatoms. The van der Waals surface area contributed by atoms with Crippen molar-refractivity contribution in [2.75, 3.05) is 6.54 Å². The molecule has 0 spiro atoms. The van der Waals surface area contributed by atoms with Crippen LogP contribution < -0.4 is 5.32 Å². The van der Waals surface area contributed by atoms with Crippen LogP contribution in [0.5, 0.6) is 0 Å². The van der Waals surface area contributed by atoms with Gasteiger partial charge in [0, 0.05) is 30.1 Å². The third kappa shape index (κ3) is 3.81. The molecule has 4 nitrogen and oxygen atoms in total. The Hall–Kier alpha value is -2.66. The molecule has 124 valence electrons. The molecule has 1 amide bonds. The van der Waals surface area contributed by atoms with Gasteiger partial charge in [-0.15, -0.1) is 0 Å². The molecule has 2 aromatic carbocycles. The molecular weight excluding hydrogens is 307 g/mol. The first-order valence-electron chi connectivity index (χ1n) is 7.88. The van der Waals surface area contributed by atoms with Crippen LogP contribution in [0.3, 0.4) is 0 Å². The first kappa shape index (κ1) is 16.2. The number of halogens is 1. The van der Waals surface area contributed by atoms with Gasteiger partial charge < -0.3 is 15.4 Å². The Balaban J connectivity index is 1.50. The molecule has 0 bridgehead atoms. The van der Waals surface area contributed by atoms with Crippen LogP contribution in [0, 0.1) is 5.82 Å². The second kappa shape index (κ2) is 7.27. The van der Waals surface area contributed by atoms with Gasteiger partial charge in [0.25, 0.3) is 0 Å². The molecule has 24 heavy (non-hydrogen) atoms. The van der Waals surface area contributed by atoms with Gasteiger partial charge in [0.1, 0.15) is 5.82 Å². The Kier molecular flexibility index (Phi) is 4.91. The number of aromatic nitrogens is 1. The van der Waals surface area contributed by atoms with Gasteiger partial charge in [-0.1, -0.05) is 30.3 Å². The number of nitrogens with one attached hydrogen (secondary N) is 2. The van der Waals surface area contributed by atoms with Crippen molar-refractivity contribution in [3.8, 4) is 0 Å². The van der Waals surface area contributed by atoms with Crippen molar-refractivity contribution in [1.29, 1.82) is 0 Å². The zero-order valence-corrected chi connectivity index (χ0v) is 13.1. The minimum absolute atomic E-state index is 0.109. The fraction of sp³-hybridized carbons (Fsp3) is 0.211. The minimum atomic E-state index is -0.845. The van der Waals surface area contributed by atoms with Crippen LogP contribution in [0.2, 0.25) is 0 Å². The summed E-state index contributed by atoms with van der Waals surface area (Å²) in [5, 5.41) is 13.8. The second-order valence-electron chi connectivity index (χ2n) is 5.73. The molecule has 3 N–H and O–H groups in total. The number of aryl methyl sites for hydroxylation is 1. The molecule has 3 aromatic rings. The van der Waals surface area contributed by atoms with Crippen LogP contribution in [-0.4, -0.2) is 22.5 Å². The lowest BCUT2D eigenvalue weighted by molar-refractivity contribution is -0.121. The molecule has 3 rings (SSSR count). The number of hydrogen-bond acceptors (Lipinski definition) is 2. The third-order valence-corrected chi connectivity index (χ3v) is 4.04. The quantitative estimate of drug-likeness (QED) is 0.652. The lowest BCUT2D eigenvalue weighted by atomic mass is 10.1. The van der Waals surface area contributed by atoms with E-state index in [4.69, 9.17) is 0 Å². The van der Waals surface area contributed by atoms with Crippen molar-refractivity contribution in [1.82, 2.24) is 10.3 Å². The van der Waals surface area contributed by atoms with E-state index in [9.17, 15) is 14.3 Å². The van der Waals surface area contributed by atoms with Crippen LogP contribution in [0.15, 0.2) is 54.7 Å². The smallest absolute Gasteiger partial charge is 0.220 e. The van der Waals surface area contributed by atoms with Crippen LogP contribution in [0.25, 0.3) is 10.9 Å². The molecule has 0 aliphatic carbocycles. The van der Waals surface area contributed by atoms with Gasteiger partial charge >= 0.3 is 0 Å². The largest absolute Gasteiger partial charge is 0.387 e. The van der Waals surface area contributed by atoms with Crippen LogP contribution >= 0.6 is 0 Å². The van der Waals surface area contributed by atoms with Crippen LogP contribution in [-0.2, 0) is 11.2 Å². The molecule has 0 fully saturated rings. The standard InChI is InChI=1S/C19H19FN2O2/c20-15-8-5-13(6-9-15)18(23)12-22-19(24)10-7-14-11-21-17-4-2-1-3-16(14)17/h1-6,8-9,11,18,21,23H,7,10,12H2,(H,22,24). The van der Waals surface area contributed by atoms with E-state index in [0.717, 1.165) is 16.5 Å². The molecular formula is C19H19FN2O2. The number of H-pyrrole nitrogens is 1. The summed E-state index contributed by atoms with van der Waals surface area (Å²) in [6.07, 6.45) is 2.05. The van der Waals surface area contributed by atoms with E-state index in [1.165, 1.54) is 24.3 Å². The van der Waals surface area contributed by atoms with Gasteiger partial charge in [-0.25, -0.2) is 4.39 Å². The summed E-state index contributed by atoms with van der Waals surface area (Å²) < 4.78 is 12.9. The molecule has 0 radical (unpaired) electrons. The SMILES string of the molecule is O=C(CCc1c[nH]c2ccccc12)NCC(O)c1ccc(F)cc1. The maximum atomic E-state index is 12.9. The summed E-state index contributed by atoms with van der Waals surface area (Å²) in [7, 11) is 0. The molecule has 1 atom stereocenters. The number of aliphatic hydroxyl groups excluding tert-OH is 1. The number of hydrogen-bond donors (Lipinski definition) is 3. The second-order valence-corrected chi connectivity index (χ2v) is 5.73. The predicted octanol–water partition coefficient (Wildman–Crippen LogP) is 3.09. The Morgan fingerprint density at radius 3 is 2.71 bits per heavy atom. The van der Waals surface area contributed by atoms with Gasteiger partial charge in [0.2, 0.25) is 5.91 Å². The van der Waals surface area contributed by atoms with Gasteiger partial charge in [-0.2, -0.15) is 0 Å². The van der Waals surface area contributed by atoms with E-state index in [1.54, 1.807) is 0 Å². The van der Waals surface area contributed by atoms with E-state index in [-0.39, 0.29) is 18.3 Å². The molecule has 1 unspecified atom stereocenters. The number of aliphatic hydroxyl groups is 1. The highest BCUT2D eigenvalue weighted by molar-refractivity contribution is 5.84. The van der Waals surface area contributed by atoms with Gasteiger partial charge in [-0.3, -0.25) is 4.79 Å². The number of rotatable bonds is 6. The van der Waals surface area contributed by atoms with Crippen molar-refractivity contribution in [2.45, 2.75) is 18.9 Å². The van der Waals surface area contributed by atoms with Gasteiger partial charge in [0.15, 0.2) is 0 Å². The first-order chi connectivity index (χ1) is 11.6. The lowest BCUT2D eigenvalue weighted by Crippen LogP contribution is -2.28. The Labute approximate surface area is 139 Å². The third-order valence-electron chi connectivity index (χ3n) is 4.04. The van der Waals surface area contributed by atoms with E-state index in [1.807, 2.05) is 30.5 Å². The van der Waals surface area contributed by atoms with Crippen molar-refractivity contribution in [2.24, 2.45) is 0 Å². The summed E-state index contributed by atoms with van der Waals surface area (Å²) in [5.74, 6) is -0.477. The average molecular weight is 326 g/mol. The van der Waals surface area contributed by atoms with Crippen molar-refractivity contribution >= 4 is 16.8 Å². The molecule has 0 saturated heterocycles. The summed E-state index contributed by atoms with van der Waals surface area (Å²) in [6, 6.07) is 13.6. The molecule has 1 heterocycles. The number of carbonyl (C=O) groups excluding carboxylic acids is 1. The lowest BCUT2D eigenvalue weighted by Gasteiger charge is -2.12. The highest BCUT2D eigenvalue weighted by Crippen LogP contribution is 2.19. The maximum absolute atomic E-state index is 12.9. The zero-order chi connectivity index (χ0) is 16.9. The predicted molar refractivity (Wildman–Crippen MR) is 91.0 cm³/mol. The van der Waals surface area contributed by atoms with Gasteiger partial charge in [0.05, 0.1) is 6.10 Å². The van der Waals surface area contributed by atoms with E-state index in [2.05, 4.69) is 10.3 Å². The monoisotopic (exact) mass is 326 g/mol. The summed E-state index contributed by atoms with van der Waals surface area (Å²) in [6.45, 7) is 0.109. The fourth-order valence-electron chi connectivity index (χ4n) is 2.69. The topological polar surface area (TPSA) is 65.1 Å². The van der Waals surface area contributed by atoms with Crippen molar-refractivity contribution < 1.29 is 14.3 Å². The molecule has 0 aliphatic rings. The Bertz CT molecular complexity index is 827. The highest BCUT2D eigenvalue weighted by Gasteiger charge is 2.11. The molecule has 0 saturated carbocycles. The average Bonchev–Trinajstić information content (AvgIpc) is 3.01. The Morgan fingerprint density at radius 2 is 1.92 bits per heavy atom. The van der Waals surface area contributed by atoms with Crippen molar-refractivity contribution in [3.05, 3.63) is 71.7 Å². The maximum Gasteiger partial charge on any atom is 0.220 e. The van der Waals surface area contributed by atoms with E-state index < -0.39 is 6.10 Å². The van der Waals surface area contributed by atoms with Crippen molar-refractivity contribution in [3.63, 3.8) is 0 Å². The van der Waals surface area contributed by atoms with Crippen LogP contribution in [0.4, 0.5) is 4.39 Å². The normalized spacial score (nSPS) is 12.2. The number of benzene rings is 2. The fourth-order valence-corrected chi connectivity index (χ4v) is 2.69. The van der Waals surface area contributed by atoms with Gasteiger partial charge in [-0.05, 0) is 35.7 Å². The number of para-hydroxylation sites is 1. The molecule has 0 aliphatic heterocycles. The van der Waals surface area contributed by atoms with E-state index >= 15 is 0 Å². The highest BCUT2D eigenvalue weighted by atomic mass is 19.1. The number of carbonyl (C=O) groups is 1. The summed E-state index contributed by atoms with van der Waals surface area (Å²) in [4.78, 5) is 15.2. The summed E-state index contributed by atoms with van der Waals surface area (Å²) >= 11 is 0. The zero-order valence-electron chi connectivity index (χ0n) is 13.1. The number of amides is 1. The van der Waals surface area contributed by atoms with Crippen LogP contribution in [0.1, 0.15) is 23.7 Å². The van der Waals surface area contributed by atoms with E-state index in [0.29, 0.717) is 18.4 Å². The minimum Gasteiger partial charge on any atom is -0.387 e. The first-order valence-corrected chi connectivity index (χ1v) is 7.88. The number of fused-ring (bicyclic) bond motifs is 1. The summed E-state index contributed by atoms with van der Waals surface area (Å²) in [5.41, 5.74) is 2.73.